The maximum atomic E-state index is 13.7. The van der Waals surface area contributed by atoms with Gasteiger partial charge >= 0.3 is 0 Å². The molecular formula is C27H32ClN3O4. The monoisotopic (exact) mass is 497 g/mol. The van der Waals surface area contributed by atoms with Gasteiger partial charge in [0.15, 0.2) is 5.78 Å². The molecule has 2 aromatic carbocycles. The van der Waals surface area contributed by atoms with Gasteiger partial charge in [0.25, 0.3) is 5.91 Å². The molecule has 0 aromatic heterocycles. The minimum atomic E-state index is -2.23. The molecule has 4 rings (SSSR count). The van der Waals surface area contributed by atoms with Gasteiger partial charge in [-0.25, -0.2) is 4.99 Å². The first kappa shape index (κ1) is 25.5. The Hall–Kier alpha value is -2.58. The lowest BCUT2D eigenvalue weighted by molar-refractivity contribution is -0.140. The molecule has 1 amide bonds. The zero-order valence-corrected chi connectivity index (χ0v) is 20.9. The number of nitrogens with two attached hydrogens (primary N) is 1. The van der Waals surface area contributed by atoms with Crippen molar-refractivity contribution in [3.8, 4) is 0 Å². The van der Waals surface area contributed by atoms with Gasteiger partial charge in [-0.15, -0.1) is 0 Å². The highest BCUT2D eigenvalue weighted by Gasteiger charge is 2.49. The fourth-order valence-corrected chi connectivity index (χ4v) is 4.92. The summed E-state index contributed by atoms with van der Waals surface area (Å²) in [5.74, 6) is -2.31. The molecule has 0 radical (unpaired) electrons. The van der Waals surface area contributed by atoms with Gasteiger partial charge in [0.1, 0.15) is 0 Å². The number of hydrogen-bond donors (Lipinski definition) is 2. The molecule has 0 bridgehead atoms. The lowest BCUT2D eigenvalue weighted by Crippen LogP contribution is -2.61. The van der Waals surface area contributed by atoms with Gasteiger partial charge in [-0.1, -0.05) is 68.1 Å². The van der Waals surface area contributed by atoms with Crippen molar-refractivity contribution in [1.82, 2.24) is 0 Å². The Balaban J connectivity index is 1.69. The third-order valence-corrected chi connectivity index (χ3v) is 7.20. The summed E-state index contributed by atoms with van der Waals surface area (Å²) in [6.45, 7) is 1.56. The summed E-state index contributed by atoms with van der Waals surface area (Å²) >= 11 is 6.29. The van der Waals surface area contributed by atoms with Crippen LogP contribution in [0.4, 0.5) is 5.69 Å². The number of benzodiazepines with no additional fused rings is 1. The summed E-state index contributed by atoms with van der Waals surface area (Å²) in [6.07, 6.45) is 4.26. The molecule has 3 atom stereocenters. The maximum Gasteiger partial charge on any atom is 0.277 e. The number of anilines is 1. The summed E-state index contributed by atoms with van der Waals surface area (Å²) in [5.41, 5.74) is 6.53. The molecule has 186 valence electrons. The number of aliphatic hydroxyl groups is 1. The minimum absolute atomic E-state index is 0.00275. The van der Waals surface area contributed by atoms with Gasteiger partial charge < -0.3 is 14.7 Å². The average Bonchev–Trinajstić information content (AvgIpc) is 2.96. The predicted molar refractivity (Wildman–Crippen MR) is 137 cm³/mol. The van der Waals surface area contributed by atoms with Crippen LogP contribution in [0.2, 0.25) is 5.02 Å². The van der Waals surface area contributed by atoms with E-state index >= 15 is 0 Å². The fraction of sp³-hybridized carbons (Fsp3) is 0.444. The Morgan fingerprint density at radius 3 is 2.60 bits per heavy atom. The molecule has 7 nitrogen and oxygen atoms in total. The second-order valence-corrected chi connectivity index (χ2v) is 9.87. The predicted octanol–water partition coefficient (Wildman–Crippen LogP) is 3.72. The van der Waals surface area contributed by atoms with E-state index in [0.717, 1.165) is 25.7 Å². The van der Waals surface area contributed by atoms with Crippen molar-refractivity contribution < 1.29 is 19.4 Å². The molecule has 3 N–H and O–H groups in total. The van der Waals surface area contributed by atoms with Crippen LogP contribution in [0.25, 0.3) is 0 Å². The molecule has 2 aromatic rings. The first-order valence-electron chi connectivity index (χ1n) is 12.1. The third kappa shape index (κ3) is 5.19. The van der Waals surface area contributed by atoms with Crippen molar-refractivity contribution in [2.45, 2.75) is 56.9 Å². The van der Waals surface area contributed by atoms with Crippen molar-refractivity contribution in [2.75, 3.05) is 18.6 Å². The minimum Gasteiger partial charge on any atom is -0.390 e. The van der Waals surface area contributed by atoms with E-state index in [9.17, 15) is 14.7 Å². The number of carbonyl (C=O) groups is 2. The number of halogens is 1. The van der Waals surface area contributed by atoms with Gasteiger partial charge in [0.05, 0.1) is 30.2 Å². The van der Waals surface area contributed by atoms with Crippen LogP contribution in [-0.4, -0.2) is 54.0 Å². The highest BCUT2D eigenvalue weighted by Crippen LogP contribution is 2.33. The van der Waals surface area contributed by atoms with E-state index in [0.29, 0.717) is 27.5 Å². The van der Waals surface area contributed by atoms with Crippen LogP contribution in [0.1, 0.15) is 50.2 Å². The van der Waals surface area contributed by atoms with Crippen molar-refractivity contribution >= 4 is 34.7 Å². The number of Topliss-reactive ketones (excluding diaryl/α,β-unsaturated/α-hetero) is 1. The summed E-state index contributed by atoms with van der Waals surface area (Å²) in [5, 5.41) is 11.3. The summed E-state index contributed by atoms with van der Waals surface area (Å²) in [6, 6.07) is 14.3. The molecular weight excluding hydrogens is 466 g/mol. The number of hydrogen-bond acceptors (Lipinski definition) is 6. The van der Waals surface area contributed by atoms with Crippen molar-refractivity contribution in [2.24, 2.45) is 16.6 Å². The van der Waals surface area contributed by atoms with E-state index in [1.165, 1.54) is 11.3 Å². The van der Waals surface area contributed by atoms with E-state index in [1.54, 1.807) is 32.2 Å². The Bertz CT molecular complexity index is 1120. The topological polar surface area (TPSA) is 105 Å². The molecule has 0 saturated heterocycles. The Labute approximate surface area is 210 Å². The maximum absolute atomic E-state index is 13.7. The Kier molecular flexibility index (Phi) is 7.71. The van der Waals surface area contributed by atoms with Crippen LogP contribution in [0.15, 0.2) is 53.5 Å². The number of ketones is 1. The molecule has 1 aliphatic heterocycles. The average molecular weight is 498 g/mol. The quantitative estimate of drug-likeness (QED) is 0.567. The number of benzene rings is 2. The van der Waals surface area contributed by atoms with Crippen LogP contribution in [-0.2, 0) is 14.3 Å². The normalized spacial score (nSPS) is 22.7. The van der Waals surface area contributed by atoms with Crippen LogP contribution in [0.5, 0.6) is 0 Å². The van der Waals surface area contributed by atoms with Gasteiger partial charge in [-0.05, 0) is 31.0 Å². The molecule has 0 spiro atoms. The van der Waals surface area contributed by atoms with Crippen LogP contribution in [0, 0.1) is 5.92 Å². The highest BCUT2D eigenvalue weighted by atomic mass is 35.5. The van der Waals surface area contributed by atoms with Crippen LogP contribution < -0.4 is 10.6 Å². The molecule has 1 unspecified atom stereocenters. The molecule has 1 heterocycles. The second kappa shape index (κ2) is 10.6. The highest BCUT2D eigenvalue weighted by molar-refractivity contribution is 6.32. The molecule has 1 aliphatic carbocycles. The number of carbonyl (C=O) groups excluding carboxylic acids is 2. The number of aliphatic hydroxyl groups excluding tert-OH is 1. The fourth-order valence-electron chi connectivity index (χ4n) is 4.75. The standard InChI is InChI=1S/C27H32ClN3O4/c1-17(23(32)16-35-20-11-7-4-8-12-20)25(33)27(29)26(34)31(2)22-14-13-19(28)15-21(22)24(30-27)18-9-5-3-6-10-18/h3,5-6,9-10,13-15,17,20,23,32H,4,7-8,11-12,16,29H2,1-2H3/t17-,23-,27?/m1/s1. The third-order valence-electron chi connectivity index (χ3n) is 6.96. The number of likely N-dealkylation sites (N-methyl/N-ethyl adjacent to an activating group) is 1. The smallest absolute Gasteiger partial charge is 0.277 e. The van der Waals surface area contributed by atoms with Crippen molar-refractivity contribution in [3.05, 3.63) is 64.7 Å². The lowest BCUT2D eigenvalue weighted by Gasteiger charge is -2.31. The molecule has 8 heteroatoms. The number of fused-ring (bicyclic) bond motifs is 1. The van der Waals surface area contributed by atoms with E-state index in [-0.39, 0.29) is 12.7 Å². The van der Waals surface area contributed by atoms with Gasteiger partial charge in [0.2, 0.25) is 5.66 Å². The van der Waals surface area contributed by atoms with E-state index in [2.05, 4.69) is 4.99 Å². The SMILES string of the molecule is C[C@@H](C(=O)C1(N)N=C(c2ccccc2)c2cc(Cl)ccc2N(C)C1=O)[C@H](O)COC1CCCCC1. The van der Waals surface area contributed by atoms with Crippen molar-refractivity contribution in [1.29, 1.82) is 0 Å². The second-order valence-electron chi connectivity index (χ2n) is 9.43. The first-order chi connectivity index (χ1) is 16.7. The molecule has 1 saturated carbocycles. The largest absolute Gasteiger partial charge is 0.390 e. The Morgan fingerprint density at radius 2 is 1.91 bits per heavy atom. The van der Waals surface area contributed by atoms with Crippen LogP contribution in [0.3, 0.4) is 0 Å². The molecule has 2 aliphatic rings. The number of rotatable bonds is 7. The van der Waals surface area contributed by atoms with Gasteiger partial charge in [0, 0.05) is 29.1 Å². The van der Waals surface area contributed by atoms with Crippen LogP contribution >= 0.6 is 11.6 Å². The number of ether oxygens (including phenoxy) is 1. The number of nitrogens with zero attached hydrogens (tertiary/aromatic N) is 2. The van der Waals surface area contributed by atoms with E-state index in [1.807, 2.05) is 30.3 Å². The van der Waals surface area contributed by atoms with Crippen molar-refractivity contribution in [3.63, 3.8) is 0 Å². The lowest BCUT2D eigenvalue weighted by atomic mass is 9.89. The van der Waals surface area contributed by atoms with Gasteiger partial charge in [-0.2, -0.15) is 0 Å². The summed E-state index contributed by atoms with van der Waals surface area (Å²) < 4.78 is 5.87. The number of amides is 1. The summed E-state index contributed by atoms with van der Waals surface area (Å²) in [7, 11) is 1.56. The number of aliphatic imine (C=N–C) groups is 1. The van der Waals surface area contributed by atoms with E-state index in [4.69, 9.17) is 22.1 Å². The molecule has 1 fully saturated rings. The van der Waals surface area contributed by atoms with E-state index < -0.39 is 29.4 Å². The zero-order chi connectivity index (χ0) is 25.2. The zero-order valence-electron chi connectivity index (χ0n) is 20.1. The summed E-state index contributed by atoms with van der Waals surface area (Å²) in [4.78, 5) is 33.2. The van der Waals surface area contributed by atoms with Gasteiger partial charge in [-0.3, -0.25) is 15.3 Å². The first-order valence-corrected chi connectivity index (χ1v) is 12.5. The Morgan fingerprint density at radius 1 is 1.23 bits per heavy atom. The molecule has 35 heavy (non-hydrogen) atoms.